The second-order valence-electron chi connectivity index (χ2n) is 3.45. The summed E-state index contributed by atoms with van der Waals surface area (Å²) in [6.45, 7) is 1.87. The average Bonchev–Trinajstić information content (AvgIpc) is 2.20. The number of sulfonamides is 1. The van der Waals surface area contributed by atoms with E-state index < -0.39 is 10.0 Å². The van der Waals surface area contributed by atoms with E-state index >= 15 is 0 Å². The lowest BCUT2D eigenvalue weighted by molar-refractivity contribution is 0.600. The predicted molar refractivity (Wildman–Crippen MR) is 68.9 cm³/mol. The molecular formula is C10H13Cl2NO2S. The molecule has 0 radical (unpaired) electrons. The molecule has 0 aliphatic carbocycles. The van der Waals surface area contributed by atoms with Crippen molar-refractivity contribution in [3.05, 3.63) is 28.8 Å². The van der Waals surface area contributed by atoms with E-state index in [2.05, 4.69) is 4.72 Å². The van der Waals surface area contributed by atoms with Gasteiger partial charge in [0.15, 0.2) is 0 Å². The van der Waals surface area contributed by atoms with Crippen molar-refractivity contribution in [2.24, 2.45) is 0 Å². The molecule has 16 heavy (non-hydrogen) atoms. The fourth-order valence-corrected chi connectivity index (χ4v) is 2.82. The van der Waals surface area contributed by atoms with Gasteiger partial charge in [0.25, 0.3) is 0 Å². The third-order valence-electron chi connectivity index (χ3n) is 1.93. The van der Waals surface area contributed by atoms with Crippen LogP contribution < -0.4 is 4.72 Å². The van der Waals surface area contributed by atoms with E-state index in [1.54, 1.807) is 12.1 Å². The number of aryl methyl sites for hydroxylation is 1. The van der Waals surface area contributed by atoms with E-state index in [0.717, 1.165) is 5.56 Å². The van der Waals surface area contributed by atoms with Gasteiger partial charge >= 0.3 is 0 Å². The van der Waals surface area contributed by atoms with Gasteiger partial charge in [-0.2, -0.15) is 0 Å². The summed E-state index contributed by atoms with van der Waals surface area (Å²) in [5.41, 5.74) is 1.36. The maximum atomic E-state index is 11.6. The van der Waals surface area contributed by atoms with Gasteiger partial charge in [0, 0.05) is 5.88 Å². The molecule has 0 saturated heterocycles. The van der Waals surface area contributed by atoms with Crippen LogP contribution in [0.5, 0.6) is 0 Å². The molecule has 0 heterocycles. The molecule has 6 heteroatoms. The SMILES string of the molecule is Cc1ccc(Cl)c(NS(=O)(=O)CCCCl)c1. The highest BCUT2D eigenvalue weighted by atomic mass is 35.5. The van der Waals surface area contributed by atoms with E-state index in [1.807, 2.05) is 13.0 Å². The van der Waals surface area contributed by atoms with Crippen LogP contribution in [-0.2, 0) is 10.0 Å². The third-order valence-corrected chi connectivity index (χ3v) is 3.89. The molecular weight excluding hydrogens is 269 g/mol. The first kappa shape index (κ1) is 13.6. The van der Waals surface area contributed by atoms with Crippen molar-refractivity contribution in [1.82, 2.24) is 0 Å². The summed E-state index contributed by atoms with van der Waals surface area (Å²) in [6.07, 6.45) is 0.417. The summed E-state index contributed by atoms with van der Waals surface area (Å²) in [4.78, 5) is 0. The van der Waals surface area contributed by atoms with Crippen LogP contribution in [0.25, 0.3) is 0 Å². The van der Waals surface area contributed by atoms with E-state index in [4.69, 9.17) is 23.2 Å². The summed E-state index contributed by atoms with van der Waals surface area (Å²) in [5.74, 6) is 0.323. The number of alkyl halides is 1. The van der Waals surface area contributed by atoms with Crippen LogP contribution in [0.4, 0.5) is 5.69 Å². The van der Waals surface area contributed by atoms with Gasteiger partial charge < -0.3 is 0 Å². The molecule has 0 aliphatic heterocycles. The van der Waals surface area contributed by atoms with Crippen molar-refractivity contribution < 1.29 is 8.42 Å². The van der Waals surface area contributed by atoms with Gasteiger partial charge in [-0.15, -0.1) is 11.6 Å². The summed E-state index contributed by atoms with van der Waals surface area (Å²) < 4.78 is 25.6. The maximum absolute atomic E-state index is 11.6. The highest BCUT2D eigenvalue weighted by Gasteiger charge is 2.11. The Kier molecular flexibility index (Phi) is 4.89. The predicted octanol–water partition coefficient (Wildman–Crippen LogP) is 3.02. The van der Waals surface area contributed by atoms with E-state index in [-0.39, 0.29) is 5.75 Å². The Morgan fingerprint density at radius 2 is 2.06 bits per heavy atom. The first-order chi connectivity index (χ1) is 7.44. The maximum Gasteiger partial charge on any atom is 0.232 e. The molecule has 0 spiro atoms. The number of anilines is 1. The van der Waals surface area contributed by atoms with Gasteiger partial charge in [-0.25, -0.2) is 8.42 Å². The highest BCUT2D eigenvalue weighted by molar-refractivity contribution is 7.92. The largest absolute Gasteiger partial charge is 0.282 e. The fourth-order valence-electron chi connectivity index (χ4n) is 1.18. The molecule has 0 saturated carbocycles. The zero-order chi connectivity index (χ0) is 12.2. The Morgan fingerprint density at radius 3 is 2.69 bits per heavy atom. The molecule has 0 aromatic heterocycles. The monoisotopic (exact) mass is 281 g/mol. The minimum absolute atomic E-state index is 0.000765. The molecule has 0 unspecified atom stereocenters. The molecule has 3 nitrogen and oxygen atoms in total. The Labute approximate surface area is 106 Å². The summed E-state index contributed by atoms with van der Waals surface area (Å²) in [5, 5.41) is 0.389. The standard InChI is InChI=1S/C10H13Cl2NO2S/c1-8-3-4-9(12)10(7-8)13-16(14,15)6-2-5-11/h3-4,7,13H,2,5-6H2,1H3. The molecule has 1 N–H and O–H groups in total. The van der Waals surface area contributed by atoms with Gasteiger partial charge in [0.2, 0.25) is 10.0 Å². The van der Waals surface area contributed by atoms with E-state index in [0.29, 0.717) is 23.0 Å². The van der Waals surface area contributed by atoms with Crippen LogP contribution >= 0.6 is 23.2 Å². The molecule has 0 amide bonds. The van der Waals surface area contributed by atoms with Gasteiger partial charge in [-0.3, -0.25) is 4.72 Å². The van der Waals surface area contributed by atoms with Gasteiger partial charge in [0.05, 0.1) is 16.5 Å². The lowest BCUT2D eigenvalue weighted by Gasteiger charge is -2.09. The highest BCUT2D eigenvalue weighted by Crippen LogP contribution is 2.23. The second-order valence-corrected chi connectivity index (χ2v) is 6.07. The Morgan fingerprint density at radius 1 is 1.38 bits per heavy atom. The van der Waals surface area contributed by atoms with Crippen molar-refractivity contribution >= 4 is 38.9 Å². The molecule has 0 aliphatic rings. The summed E-state index contributed by atoms with van der Waals surface area (Å²) >= 11 is 11.3. The molecule has 1 aromatic carbocycles. The second kappa shape index (κ2) is 5.75. The molecule has 0 atom stereocenters. The van der Waals surface area contributed by atoms with Crippen LogP contribution in [0.3, 0.4) is 0 Å². The lowest BCUT2D eigenvalue weighted by Crippen LogP contribution is -2.17. The number of hydrogen-bond donors (Lipinski definition) is 1. The topological polar surface area (TPSA) is 46.2 Å². The smallest absolute Gasteiger partial charge is 0.232 e. The zero-order valence-corrected chi connectivity index (χ0v) is 11.2. The Balaban J connectivity index is 2.83. The molecule has 1 aromatic rings. The Hall–Kier alpha value is -0.450. The number of rotatable bonds is 5. The molecule has 0 bridgehead atoms. The third kappa shape index (κ3) is 4.20. The number of nitrogens with one attached hydrogen (secondary N) is 1. The minimum Gasteiger partial charge on any atom is -0.282 e. The Bertz CT molecular complexity index is 460. The zero-order valence-electron chi connectivity index (χ0n) is 8.83. The summed E-state index contributed by atoms with van der Waals surface area (Å²) in [6, 6.07) is 5.18. The van der Waals surface area contributed by atoms with Crippen molar-refractivity contribution in [3.8, 4) is 0 Å². The molecule has 1 rings (SSSR count). The quantitative estimate of drug-likeness (QED) is 0.844. The minimum atomic E-state index is -3.35. The van der Waals surface area contributed by atoms with Crippen LogP contribution in [-0.4, -0.2) is 20.1 Å². The first-order valence-corrected chi connectivity index (χ1v) is 7.34. The van der Waals surface area contributed by atoms with Crippen LogP contribution in [0.2, 0.25) is 5.02 Å². The number of halogens is 2. The normalized spacial score (nSPS) is 11.4. The van der Waals surface area contributed by atoms with Crippen molar-refractivity contribution in [2.75, 3.05) is 16.4 Å². The first-order valence-electron chi connectivity index (χ1n) is 4.77. The lowest BCUT2D eigenvalue weighted by atomic mass is 10.2. The van der Waals surface area contributed by atoms with Gasteiger partial charge in [0.1, 0.15) is 0 Å². The van der Waals surface area contributed by atoms with Crippen molar-refractivity contribution in [2.45, 2.75) is 13.3 Å². The van der Waals surface area contributed by atoms with Crippen LogP contribution in [0.15, 0.2) is 18.2 Å². The number of hydrogen-bond acceptors (Lipinski definition) is 2. The van der Waals surface area contributed by atoms with Gasteiger partial charge in [-0.05, 0) is 31.0 Å². The molecule has 0 fully saturated rings. The van der Waals surface area contributed by atoms with E-state index in [1.165, 1.54) is 0 Å². The molecule has 90 valence electrons. The van der Waals surface area contributed by atoms with Crippen molar-refractivity contribution in [1.29, 1.82) is 0 Å². The average molecular weight is 282 g/mol. The number of benzene rings is 1. The fraction of sp³-hybridized carbons (Fsp3) is 0.400. The van der Waals surface area contributed by atoms with Crippen LogP contribution in [0.1, 0.15) is 12.0 Å². The summed E-state index contributed by atoms with van der Waals surface area (Å²) in [7, 11) is -3.35. The van der Waals surface area contributed by atoms with Gasteiger partial charge in [-0.1, -0.05) is 17.7 Å². The van der Waals surface area contributed by atoms with Crippen molar-refractivity contribution in [3.63, 3.8) is 0 Å². The van der Waals surface area contributed by atoms with Crippen LogP contribution in [0, 0.1) is 6.92 Å². The van der Waals surface area contributed by atoms with E-state index in [9.17, 15) is 8.42 Å².